The lowest BCUT2D eigenvalue weighted by atomic mass is 10.2. The molecule has 0 aliphatic carbocycles. The Labute approximate surface area is 114 Å². The van der Waals surface area contributed by atoms with Gasteiger partial charge in [-0.2, -0.15) is 0 Å². The minimum atomic E-state index is -0.0932. The van der Waals surface area contributed by atoms with Crippen LogP contribution < -0.4 is 0 Å². The molecule has 0 radical (unpaired) electrons. The van der Waals surface area contributed by atoms with Gasteiger partial charge in [-0.1, -0.05) is 31.0 Å². The molecular formula is C15H22O2S. The summed E-state index contributed by atoms with van der Waals surface area (Å²) in [5, 5.41) is -0.0867. The van der Waals surface area contributed by atoms with E-state index in [-0.39, 0.29) is 11.2 Å². The highest BCUT2D eigenvalue weighted by atomic mass is 32.2. The number of benzene rings is 1. The standard InChI is InChI=1S/C15H22O2S/c1-5-7-14(15(16)17-6-2)18-13-9-8-11(3)10-12(13)4/h8-10,14H,5-7H2,1-4H3. The van der Waals surface area contributed by atoms with Gasteiger partial charge in [0.05, 0.1) is 6.61 Å². The van der Waals surface area contributed by atoms with Gasteiger partial charge < -0.3 is 4.74 Å². The van der Waals surface area contributed by atoms with Crippen LogP contribution in [0.3, 0.4) is 0 Å². The first-order chi connectivity index (χ1) is 8.58. The number of thioether (sulfide) groups is 1. The van der Waals surface area contributed by atoms with Crippen LogP contribution >= 0.6 is 11.8 Å². The maximum atomic E-state index is 11.9. The minimum absolute atomic E-state index is 0.0867. The number of ether oxygens (including phenoxy) is 1. The molecule has 18 heavy (non-hydrogen) atoms. The first-order valence-electron chi connectivity index (χ1n) is 6.49. The van der Waals surface area contributed by atoms with E-state index in [2.05, 4.69) is 39.0 Å². The topological polar surface area (TPSA) is 26.3 Å². The van der Waals surface area contributed by atoms with Crippen molar-refractivity contribution in [3.05, 3.63) is 29.3 Å². The second kappa shape index (κ2) is 7.47. The van der Waals surface area contributed by atoms with Crippen molar-refractivity contribution in [3.8, 4) is 0 Å². The van der Waals surface area contributed by atoms with E-state index in [1.807, 2.05) is 6.92 Å². The fraction of sp³-hybridized carbons (Fsp3) is 0.533. The predicted molar refractivity (Wildman–Crippen MR) is 77.1 cm³/mol. The quantitative estimate of drug-likeness (QED) is 0.572. The lowest BCUT2D eigenvalue weighted by molar-refractivity contribution is -0.142. The normalized spacial score (nSPS) is 12.2. The van der Waals surface area contributed by atoms with Crippen LogP contribution in [0.4, 0.5) is 0 Å². The Balaban J connectivity index is 2.79. The van der Waals surface area contributed by atoms with Crippen molar-refractivity contribution in [3.63, 3.8) is 0 Å². The molecule has 0 saturated carbocycles. The van der Waals surface area contributed by atoms with E-state index in [1.54, 1.807) is 11.8 Å². The van der Waals surface area contributed by atoms with Crippen LogP contribution in [0.1, 0.15) is 37.8 Å². The number of hydrogen-bond donors (Lipinski definition) is 0. The maximum absolute atomic E-state index is 11.9. The molecule has 1 unspecified atom stereocenters. The number of hydrogen-bond acceptors (Lipinski definition) is 3. The molecule has 0 fully saturated rings. The maximum Gasteiger partial charge on any atom is 0.319 e. The van der Waals surface area contributed by atoms with Crippen molar-refractivity contribution in [2.24, 2.45) is 0 Å². The second-order valence-corrected chi connectivity index (χ2v) is 5.66. The first kappa shape index (κ1) is 15.1. The summed E-state index contributed by atoms with van der Waals surface area (Å²) in [5.74, 6) is -0.0932. The highest BCUT2D eigenvalue weighted by molar-refractivity contribution is 8.00. The summed E-state index contributed by atoms with van der Waals surface area (Å²) in [6.07, 6.45) is 1.85. The fourth-order valence-corrected chi connectivity index (χ4v) is 3.02. The SMILES string of the molecule is CCCC(Sc1ccc(C)cc1C)C(=O)OCC. The van der Waals surface area contributed by atoms with Crippen LogP contribution in [0.25, 0.3) is 0 Å². The van der Waals surface area contributed by atoms with E-state index in [0.717, 1.165) is 12.8 Å². The molecule has 2 nitrogen and oxygen atoms in total. The van der Waals surface area contributed by atoms with E-state index >= 15 is 0 Å². The Kier molecular flexibility index (Phi) is 6.27. The van der Waals surface area contributed by atoms with Crippen molar-refractivity contribution in [2.75, 3.05) is 6.61 Å². The number of rotatable bonds is 6. The molecule has 0 aromatic heterocycles. The highest BCUT2D eigenvalue weighted by Gasteiger charge is 2.20. The summed E-state index contributed by atoms with van der Waals surface area (Å²) in [6, 6.07) is 6.33. The number of carbonyl (C=O) groups excluding carboxylic acids is 1. The van der Waals surface area contributed by atoms with Crippen molar-refractivity contribution < 1.29 is 9.53 Å². The highest BCUT2D eigenvalue weighted by Crippen LogP contribution is 2.30. The molecule has 1 aromatic rings. The summed E-state index contributed by atoms with van der Waals surface area (Å²) in [6.45, 7) is 8.56. The van der Waals surface area contributed by atoms with Gasteiger partial charge in [0.1, 0.15) is 5.25 Å². The van der Waals surface area contributed by atoms with Gasteiger partial charge in [0.2, 0.25) is 0 Å². The molecule has 0 amide bonds. The zero-order valence-corrected chi connectivity index (χ0v) is 12.5. The van der Waals surface area contributed by atoms with E-state index in [9.17, 15) is 4.79 Å². The lowest BCUT2D eigenvalue weighted by Crippen LogP contribution is -2.20. The molecule has 0 saturated heterocycles. The fourth-order valence-electron chi connectivity index (χ4n) is 1.81. The molecular weight excluding hydrogens is 244 g/mol. The molecule has 3 heteroatoms. The smallest absolute Gasteiger partial charge is 0.319 e. The van der Waals surface area contributed by atoms with Crippen molar-refractivity contribution >= 4 is 17.7 Å². The second-order valence-electron chi connectivity index (χ2n) is 4.42. The average Bonchev–Trinajstić information content (AvgIpc) is 2.32. The van der Waals surface area contributed by atoms with E-state index in [0.29, 0.717) is 6.61 Å². The van der Waals surface area contributed by atoms with Crippen molar-refractivity contribution in [1.29, 1.82) is 0 Å². The molecule has 1 atom stereocenters. The molecule has 100 valence electrons. The molecule has 0 aliphatic heterocycles. The molecule has 1 aromatic carbocycles. The summed E-state index contributed by atoms with van der Waals surface area (Å²) >= 11 is 1.62. The van der Waals surface area contributed by atoms with Crippen LogP contribution in [-0.2, 0) is 9.53 Å². The molecule has 0 spiro atoms. The van der Waals surface area contributed by atoms with Crippen LogP contribution in [0.2, 0.25) is 0 Å². The van der Waals surface area contributed by atoms with E-state index < -0.39 is 0 Å². The van der Waals surface area contributed by atoms with Crippen LogP contribution in [0.5, 0.6) is 0 Å². The lowest BCUT2D eigenvalue weighted by Gasteiger charge is -2.15. The van der Waals surface area contributed by atoms with Gasteiger partial charge in [-0.3, -0.25) is 4.79 Å². The number of esters is 1. The average molecular weight is 266 g/mol. The third kappa shape index (κ3) is 4.37. The van der Waals surface area contributed by atoms with Crippen molar-refractivity contribution in [2.45, 2.75) is 50.7 Å². The Bertz CT molecular complexity index is 401. The van der Waals surface area contributed by atoms with E-state index in [1.165, 1.54) is 16.0 Å². The third-order valence-electron chi connectivity index (χ3n) is 2.70. The van der Waals surface area contributed by atoms with Gasteiger partial charge in [0, 0.05) is 4.90 Å². The Hall–Kier alpha value is -0.960. The van der Waals surface area contributed by atoms with Crippen LogP contribution in [0, 0.1) is 13.8 Å². The van der Waals surface area contributed by atoms with Crippen LogP contribution in [-0.4, -0.2) is 17.8 Å². The zero-order chi connectivity index (χ0) is 13.5. The summed E-state index contributed by atoms with van der Waals surface area (Å²) in [5.41, 5.74) is 2.48. The minimum Gasteiger partial charge on any atom is -0.465 e. The molecule has 1 rings (SSSR count). The van der Waals surface area contributed by atoms with Gasteiger partial charge in [0.25, 0.3) is 0 Å². The molecule has 0 heterocycles. The van der Waals surface area contributed by atoms with Gasteiger partial charge >= 0.3 is 5.97 Å². The molecule has 0 N–H and O–H groups in total. The molecule has 0 aliphatic rings. The third-order valence-corrected chi connectivity index (χ3v) is 4.12. The van der Waals surface area contributed by atoms with Gasteiger partial charge in [-0.15, -0.1) is 11.8 Å². The van der Waals surface area contributed by atoms with Gasteiger partial charge in [-0.25, -0.2) is 0 Å². The monoisotopic (exact) mass is 266 g/mol. The first-order valence-corrected chi connectivity index (χ1v) is 7.37. The Morgan fingerprint density at radius 2 is 2.06 bits per heavy atom. The summed E-state index contributed by atoms with van der Waals surface area (Å²) in [7, 11) is 0. The van der Waals surface area contributed by atoms with E-state index in [4.69, 9.17) is 4.74 Å². The Morgan fingerprint density at radius 3 is 2.61 bits per heavy atom. The Morgan fingerprint density at radius 1 is 1.33 bits per heavy atom. The molecule has 0 bridgehead atoms. The largest absolute Gasteiger partial charge is 0.465 e. The van der Waals surface area contributed by atoms with Crippen molar-refractivity contribution in [1.82, 2.24) is 0 Å². The number of aryl methyl sites for hydroxylation is 2. The van der Waals surface area contributed by atoms with Gasteiger partial charge in [0.15, 0.2) is 0 Å². The van der Waals surface area contributed by atoms with Crippen LogP contribution in [0.15, 0.2) is 23.1 Å². The predicted octanol–water partition coefficient (Wildman–Crippen LogP) is 4.13. The number of carbonyl (C=O) groups is 1. The summed E-state index contributed by atoms with van der Waals surface area (Å²) in [4.78, 5) is 13.0. The summed E-state index contributed by atoms with van der Waals surface area (Å²) < 4.78 is 5.13. The van der Waals surface area contributed by atoms with Gasteiger partial charge in [-0.05, 0) is 38.8 Å². The zero-order valence-electron chi connectivity index (χ0n) is 11.7.